The van der Waals surface area contributed by atoms with E-state index in [9.17, 15) is 4.79 Å². The minimum absolute atomic E-state index is 0.0968. The van der Waals surface area contributed by atoms with E-state index in [0.29, 0.717) is 16.5 Å². The van der Waals surface area contributed by atoms with Crippen molar-refractivity contribution in [3.8, 4) is 0 Å². The summed E-state index contributed by atoms with van der Waals surface area (Å²) in [5, 5.41) is 4.14. The van der Waals surface area contributed by atoms with Gasteiger partial charge >= 0.3 is 0 Å². The Labute approximate surface area is 121 Å². The number of aromatic nitrogens is 1. The van der Waals surface area contributed by atoms with E-state index in [-0.39, 0.29) is 5.91 Å². The predicted molar refractivity (Wildman–Crippen MR) is 79.8 cm³/mol. The highest BCUT2D eigenvalue weighted by molar-refractivity contribution is 7.99. The van der Waals surface area contributed by atoms with Crippen LogP contribution in [0.1, 0.15) is 5.56 Å². The van der Waals surface area contributed by atoms with Crippen LogP contribution in [0.2, 0.25) is 5.02 Å². The Morgan fingerprint density at radius 2 is 2.11 bits per heavy atom. The molecule has 1 N–H and O–H groups in total. The second-order valence-corrected chi connectivity index (χ2v) is 5.39. The van der Waals surface area contributed by atoms with Crippen molar-refractivity contribution < 1.29 is 4.79 Å². The summed E-state index contributed by atoms with van der Waals surface area (Å²) in [6, 6.07) is 11.0. The molecule has 0 radical (unpaired) electrons. The largest absolute Gasteiger partial charge is 0.324 e. The van der Waals surface area contributed by atoms with Gasteiger partial charge in [0.25, 0.3) is 0 Å². The van der Waals surface area contributed by atoms with Gasteiger partial charge in [0.15, 0.2) is 0 Å². The average molecular weight is 293 g/mol. The summed E-state index contributed by atoms with van der Waals surface area (Å²) >= 11 is 7.37. The Hall–Kier alpha value is -1.52. The number of halogens is 1. The number of para-hydroxylation sites is 1. The molecular weight excluding hydrogens is 280 g/mol. The quantitative estimate of drug-likeness (QED) is 0.872. The van der Waals surface area contributed by atoms with Crippen molar-refractivity contribution in [3.05, 3.63) is 53.2 Å². The molecule has 1 heterocycles. The minimum atomic E-state index is -0.0968. The van der Waals surface area contributed by atoms with Gasteiger partial charge in [-0.05, 0) is 30.7 Å². The second kappa shape index (κ2) is 6.59. The molecule has 0 unspecified atom stereocenters. The third-order valence-electron chi connectivity index (χ3n) is 2.38. The zero-order chi connectivity index (χ0) is 13.7. The molecule has 98 valence electrons. The van der Waals surface area contributed by atoms with Crippen molar-refractivity contribution in [2.24, 2.45) is 0 Å². The molecule has 0 aliphatic heterocycles. The molecule has 0 aliphatic rings. The van der Waals surface area contributed by atoms with E-state index >= 15 is 0 Å². The Balaban J connectivity index is 1.88. The molecule has 0 aliphatic carbocycles. The molecule has 0 saturated carbocycles. The number of hydrogen-bond acceptors (Lipinski definition) is 3. The maximum Gasteiger partial charge on any atom is 0.234 e. The number of rotatable bonds is 4. The van der Waals surface area contributed by atoms with Crippen LogP contribution < -0.4 is 5.32 Å². The minimum Gasteiger partial charge on any atom is -0.324 e. The molecule has 3 nitrogen and oxygen atoms in total. The number of carbonyl (C=O) groups is 1. The lowest BCUT2D eigenvalue weighted by Gasteiger charge is -2.06. The molecule has 1 amide bonds. The van der Waals surface area contributed by atoms with Crippen LogP contribution in [0.3, 0.4) is 0 Å². The van der Waals surface area contributed by atoms with E-state index < -0.39 is 0 Å². The number of nitrogens with one attached hydrogen (secondary N) is 1. The van der Waals surface area contributed by atoms with Crippen LogP contribution in [0.15, 0.2) is 47.6 Å². The first-order valence-corrected chi connectivity index (χ1v) is 7.11. The first kappa shape index (κ1) is 13.9. The van der Waals surface area contributed by atoms with Crippen LogP contribution in [0.25, 0.3) is 0 Å². The van der Waals surface area contributed by atoms with E-state index in [4.69, 9.17) is 11.6 Å². The SMILES string of the molecule is Cc1ccc(SCC(=O)Nc2ccccc2Cl)nc1. The number of nitrogens with zero attached hydrogens (tertiary/aromatic N) is 1. The number of pyridine rings is 1. The summed E-state index contributed by atoms with van der Waals surface area (Å²) in [6.45, 7) is 1.98. The van der Waals surface area contributed by atoms with Crippen molar-refractivity contribution in [2.75, 3.05) is 11.1 Å². The molecule has 0 bridgehead atoms. The molecule has 5 heteroatoms. The van der Waals surface area contributed by atoms with Crippen molar-refractivity contribution in [2.45, 2.75) is 11.9 Å². The van der Waals surface area contributed by atoms with Crippen LogP contribution in [0, 0.1) is 6.92 Å². The Morgan fingerprint density at radius 3 is 2.79 bits per heavy atom. The normalized spacial score (nSPS) is 10.2. The van der Waals surface area contributed by atoms with Gasteiger partial charge in [0.1, 0.15) is 0 Å². The van der Waals surface area contributed by atoms with E-state index in [1.807, 2.05) is 31.2 Å². The molecule has 0 spiro atoms. The van der Waals surface area contributed by atoms with Crippen molar-refractivity contribution in [1.29, 1.82) is 0 Å². The van der Waals surface area contributed by atoms with Gasteiger partial charge in [0.2, 0.25) is 5.91 Å². The summed E-state index contributed by atoms with van der Waals surface area (Å²) in [5.74, 6) is 0.210. The lowest BCUT2D eigenvalue weighted by molar-refractivity contribution is -0.113. The molecule has 19 heavy (non-hydrogen) atoms. The zero-order valence-corrected chi connectivity index (χ0v) is 12.0. The molecule has 1 aromatic heterocycles. The second-order valence-electron chi connectivity index (χ2n) is 3.99. The number of benzene rings is 1. The van der Waals surface area contributed by atoms with Gasteiger partial charge in [-0.3, -0.25) is 4.79 Å². The maximum atomic E-state index is 11.8. The van der Waals surface area contributed by atoms with Crippen molar-refractivity contribution in [3.63, 3.8) is 0 Å². The van der Waals surface area contributed by atoms with Crippen LogP contribution in [-0.4, -0.2) is 16.6 Å². The highest BCUT2D eigenvalue weighted by atomic mass is 35.5. The van der Waals surface area contributed by atoms with Crippen LogP contribution in [0.4, 0.5) is 5.69 Å². The first-order valence-electron chi connectivity index (χ1n) is 5.75. The van der Waals surface area contributed by atoms with Crippen LogP contribution in [-0.2, 0) is 4.79 Å². The van der Waals surface area contributed by atoms with Gasteiger partial charge in [0, 0.05) is 6.20 Å². The smallest absolute Gasteiger partial charge is 0.234 e. The summed E-state index contributed by atoms with van der Waals surface area (Å²) in [7, 11) is 0. The Morgan fingerprint density at radius 1 is 1.32 bits per heavy atom. The third-order valence-corrected chi connectivity index (χ3v) is 3.66. The fraction of sp³-hybridized carbons (Fsp3) is 0.143. The standard InChI is InChI=1S/C14H13ClN2OS/c1-10-6-7-14(16-8-10)19-9-13(18)17-12-5-3-2-4-11(12)15/h2-8H,9H2,1H3,(H,17,18). The number of amides is 1. The zero-order valence-electron chi connectivity index (χ0n) is 10.4. The van der Waals surface area contributed by atoms with Gasteiger partial charge in [0.05, 0.1) is 21.5 Å². The topological polar surface area (TPSA) is 42.0 Å². The van der Waals surface area contributed by atoms with Gasteiger partial charge in [-0.25, -0.2) is 4.98 Å². The molecule has 2 rings (SSSR count). The van der Waals surface area contributed by atoms with Gasteiger partial charge < -0.3 is 5.32 Å². The number of anilines is 1. The highest BCUT2D eigenvalue weighted by Gasteiger charge is 2.06. The monoisotopic (exact) mass is 292 g/mol. The average Bonchev–Trinajstić information content (AvgIpc) is 2.41. The Kier molecular flexibility index (Phi) is 4.82. The number of carbonyl (C=O) groups excluding carboxylic acids is 1. The summed E-state index contributed by atoms with van der Waals surface area (Å²) in [5.41, 5.74) is 1.73. The van der Waals surface area contributed by atoms with Crippen molar-refractivity contribution >= 4 is 35.0 Å². The number of aryl methyl sites for hydroxylation is 1. The molecule has 0 atom stereocenters. The molecule has 0 fully saturated rings. The molecule has 1 aromatic carbocycles. The van der Waals surface area contributed by atoms with Crippen LogP contribution >= 0.6 is 23.4 Å². The number of hydrogen-bond donors (Lipinski definition) is 1. The van der Waals surface area contributed by atoms with Gasteiger partial charge in [-0.1, -0.05) is 41.6 Å². The number of thioether (sulfide) groups is 1. The maximum absolute atomic E-state index is 11.8. The van der Waals surface area contributed by atoms with Crippen molar-refractivity contribution in [1.82, 2.24) is 4.98 Å². The van der Waals surface area contributed by atoms with Gasteiger partial charge in [-0.15, -0.1) is 0 Å². The van der Waals surface area contributed by atoms with E-state index in [1.54, 1.807) is 18.3 Å². The van der Waals surface area contributed by atoms with E-state index in [2.05, 4.69) is 10.3 Å². The van der Waals surface area contributed by atoms with E-state index in [0.717, 1.165) is 10.6 Å². The lowest BCUT2D eigenvalue weighted by Crippen LogP contribution is -2.14. The van der Waals surface area contributed by atoms with Gasteiger partial charge in [-0.2, -0.15) is 0 Å². The highest BCUT2D eigenvalue weighted by Crippen LogP contribution is 2.21. The first-order chi connectivity index (χ1) is 9.15. The molecule has 2 aromatic rings. The summed E-state index contributed by atoms with van der Waals surface area (Å²) in [6.07, 6.45) is 1.79. The van der Waals surface area contributed by atoms with Crippen LogP contribution in [0.5, 0.6) is 0 Å². The lowest BCUT2D eigenvalue weighted by atomic mass is 10.3. The summed E-state index contributed by atoms with van der Waals surface area (Å²) in [4.78, 5) is 16.0. The fourth-order valence-corrected chi connectivity index (χ4v) is 2.25. The molecule has 0 saturated heterocycles. The summed E-state index contributed by atoms with van der Waals surface area (Å²) < 4.78 is 0. The predicted octanol–water partition coefficient (Wildman–Crippen LogP) is 3.77. The molecular formula is C14H13ClN2OS. The fourth-order valence-electron chi connectivity index (χ4n) is 1.43. The third kappa shape index (κ3) is 4.26. The van der Waals surface area contributed by atoms with E-state index in [1.165, 1.54) is 11.8 Å². The Bertz CT molecular complexity index is 572.